The van der Waals surface area contributed by atoms with Gasteiger partial charge >= 0.3 is 6.01 Å². The van der Waals surface area contributed by atoms with E-state index < -0.39 is 0 Å². The number of amides is 1. The van der Waals surface area contributed by atoms with Crippen LogP contribution in [0.3, 0.4) is 0 Å². The molecule has 8 nitrogen and oxygen atoms in total. The zero-order valence-electron chi connectivity index (χ0n) is 13.1. The van der Waals surface area contributed by atoms with Crippen LogP contribution >= 0.6 is 0 Å². The monoisotopic (exact) mass is 296 g/mol. The minimum atomic E-state index is -0.114. The maximum atomic E-state index is 11.4. The molecule has 0 aromatic carbocycles. The van der Waals surface area contributed by atoms with E-state index in [9.17, 15) is 4.79 Å². The van der Waals surface area contributed by atoms with Gasteiger partial charge in [0.2, 0.25) is 17.8 Å². The van der Waals surface area contributed by atoms with Crippen molar-refractivity contribution >= 4 is 17.8 Å². The molecule has 0 saturated heterocycles. The summed E-state index contributed by atoms with van der Waals surface area (Å²) in [6.07, 6.45) is 1.83. The number of hydrogen-bond acceptors (Lipinski definition) is 7. The smallest absolute Gasteiger partial charge is 0.323 e. The number of nitrogens with one attached hydrogen (secondary N) is 2. The van der Waals surface area contributed by atoms with Crippen LogP contribution in [0.25, 0.3) is 0 Å². The van der Waals surface area contributed by atoms with Crippen LogP contribution in [0, 0.1) is 0 Å². The van der Waals surface area contributed by atoms with E-state index >= 15 is 0 Å². The third-order valence-electron chi connectivity index (χ3n) is 2.57. The van der Waals surface area contributed by atoms with Gasteiger partial charge in [0.05, 0.1) is 13.2 Å². The van der Waals surface area contributed by atoms with Crippen molar-refractivity contribution in [1.29, 1.82) is 0 Å². The summed E-state index contributed by atoms with van der Waals surface area (Å²) in [5, 5.41) is 5.67. The average Bonchev–Trinajstić information content (AvgIpc) is 2.50. The molecule has 21 heavy (non-hydrogen) atoms. The topological polar surface area (TPSA) is 92.3 Å². The number of nitrogens with zero attached hydrogens (tertiary/aromatic N) is 4. The molecule has 0 radical (unpaired) electrons. The maximum Gasteiger partial charge on any atom is 0.323 e. The number of ether oxygens (including phenoxy) is 1. The highest BCUT2D eigenvalue weighted by atomic mass is 16.5. The SMILES string of the molecule is CCCNc1nc(OCCC)nc(N(C)CC(=O)NC)n1. The minimum Gasteiger partial charge on any atom is -0.463 e. The molecule has 0 spiro atoms. The van der Waals surface area contributed by atoms with Crippen LogP contribution in [-0.2, 0) is 4.79 Å². The van der Waals surface area contributed by atoms with E-state index in [2.05, 4.69) is 32.5 Å². The molecule has 1 heterocycles. The quantitative estimate of drug-likeness (QED) is 0.691. The van der Waals surface area contributed by atoms with Crippen molar-refractivity contribution in [3.8, 4) is 6.01 Å². The van der Waals surface area contributed by atoms with Crippen molar-refractivity contribution in [2.24, 2.45) is 0 Å². The van der Waals surface area contributed by atoms with E-state index in [1.54, 1.807) is 19.0 Å². The lowest BCUT2D eigenvalue weighted by Gasteiger charge is -2.17. The number of carbonyl (C=O) groups excluding carboxylic acids is 1. The first-order chi connectivity index (χ1) is 10.1. The molecule has 0 unspecified atom stereocenters. The highest BCUT2D eigenvalue weighted by Gasteiger charge is 2.13. The summed E-state index contributed by atoms with van der Waals surface area (Å²) >= 11 is 0. The van der Waals surface area contributed by atoms with Crippen molar-refractivity contribution in [2.45, 2.75) is 26.7 Å². The summed E-state index contributed by atoms with van der Waals surface area (Å²) in [4.78, 5) is 25.8. The van der Waals surface area contributed by atoms with Gasteiger partial charge in [0.15, 0.2) is 0 Å². The van der Waals surface area contributed by atoms with Crippen molar-refractivity contribution in [3.63, 3.8) is 0 Å². The summed E-state index contributed by atoms with van der Waals surface area (Å²) in [6.45, 7) is 5.53. The Hall–Kier alpha value is -2.12. The van der Waals surface area contributed by atoms with Gasteiger partial charge in [0.25, 0.3) is 0 Å². The van der Waals surface area contributed by atoms with Gasteiger partial charge in [-0.2, -0.15) is 15.0 Å². The van der Waals surface area contributed by atoms with Gasteiger partial charge in [0.1, 0.15) is 0 Å². The lowest BCUT2D eigenvalue weighted by atomic mass is 10.5. The van der Waals surface area contributed by atoms with Crippen molar-refractivity contribution < 1.29 is 9.53 Å². The molecule has 0 aliphatic heterocycles. The Labute approximate surface area is 125 Å². The summed E-state index contributed by atoms with van der Waals surface area (Å²) < 4.78 is 5.47. The summed E-state index contributed by atoms with van der Waals surface area (Å²) in [7, 11) is 3.34. The van der Waals surface area contributed by atoms with E-state index in [1.807, 2.05) is 6.92 Å². The number of aromatic nitrogens is 3. The highest BCUT2D eigenvalue weighted by molar-refractivity contribution is 5.80. The largest absolute Gasteiger partial charge is 0.463 e. The fourth-order valence-corrected chi connectivity index (χ4v) is 1.46. The van der Waals surface area contributed by atoms with Crippen LogP contribution < -0.4 is 20.3 Å². The zero-order valence-corrected chi connectivity index (χ0v) is 13.1. The summed E-state index contributed by atoms with van der Waals surface area (Å²) in [5.41, 5.74) is 0. The molecule has 1 amide bonds. The molecule has 0 atom stereocenters. The molecule has 8 heteroatoms. The Morgan fingerprint density at radius 2 is 2.00 bits per heavy atom. The predicted octanol–water partition coefficient (Wildman–Crippen LogP) is 0.665. The lowest BCUT2D eigenvalue weighted by Crippen LogP contribution is -2.34. The third kappa shape index (κ3) is 5.80. The van der Waals surface area contributed by atoms with E-state index in [4.69, 9.17) is 4.74 Å². The zero-order chi connectivity index (χ0) is 15.7. The summed E-state index contributed by atoms with van der Waals surface area (Å²) in [6, 6.07) is 0.268. The summed E-state index contributed by atoms with van der Waals surface area (Å²) in [5.74, 6) is 0.743. The number of carbonyl (C=O) groups is 1. The number of rotatable bonds is 9. The first kappa shape index (κ1) is 16.9. The Bertz CT molecular complexity index is 428. The molecule has 118 valence electrons. The van der Waals surface area contributed by atoms with Crippen molar-refractivity contribution in [2.75, 3.05) is 44.0 Å². The second-order valence-corrected chi connectivity index (χ2v) is 4.55. The Balaban J connectivity index is 2.90. The second kappa shape index (κ2) is 8.93. The molecule has 0 fully saturated rings. The highest BCUT2D eigenvalue weighted by Crippen LogP contribution is 2.14. The van der Waals surface area contributed by atoms with Gasteiger partial charge in [0, 0.05) is 20.6 Å². The standard InChI is InChI=1S/C13H24N6O2/c1-5-7-15-11-16-12(19(4)9-10(20)14-3)18-13(17-11)21-8-6-2/h5-9H2,1-4H3,(H,14,20)(H,15,16,17,18). The number of hydrogen-bond donors (Lipinski definition) is 2. The van der Waals surface area contributed by atoms with Gasteiger partial charge in [-0.15, -0.1) is 0 Å². The fourth-order valence-electron chi connectivity index (χ4n) is 1.46. The van der Waals surface area contributed by atoms with Gasteiger partial charge in [-0.3, -0.25) is 4.79 Å². The van der Waals surface area contributed by atoms with Crippen LogP contribution in [0.15, 0.2) is 0 Å². The molecule has 1 rings (SSSR count). The van der Waals surface area contributed by atoms with Crippen LogP contribution in [0.4, 0.5) is 11.9 Å². The first-order valence-electron chi connectivity index (χ1n) is 7.15. The average molecular weight is 296 g/mol. The van der Waals surface area contributed by atoms with Crippen LogP contribution in [0.5, 0.6) is 6.01 Å². The molecular weight excluding hydrogens is 272 g/mol. The molecule has 0 aliphatic rings. The van der Waals surface area contributed by atoms with E-state index in [-0.39, 0.29) is 18.5 Å². The molecule has 0 bridgehead atoms. The molecular formula is C13H24N6O2. The van der Waals surface area contributed by atoms with Gasteiger partial charge < -0.3 is 20.3 Å². The molecule has 0 aliphatic carbocycles. The van der Waals surface area contributed by atoms with Crippen molar-refractivity contribution in [3.05, 3.63) is 0 Å². The van der Waals surface area contributed by atoms with E-state index in [0.29, 0.717) is 18.5 Å². The van der Waals surface area contributed by atoms with Crippen LogP contribution in [0.2, 0.25) is 0 Å². The predicted molar refractivity (Wildman–Crippen MR) is 81.7 cm³/mol. The van der Waals surface area contributed by atoms with E-state index in [1.165, 1.54) is 0 Å². The molecule has 1 aromatic rings. The van der Waals surface area contributed by atoms with Gasteiger partial charge in [-0.05, 0) is 12.8 Å². The van der Waals surface area contributed by atoms with Crippen LogP contribution in [0.1, 0.15) is 26.7 Å². The van der Waals surface area contributed by atoms with Crippen molar-refractivity contribution in [1.82, 2.24) is 20.3 Å². The second-order valence-electron chi connectivity index (χ2n) is 4.55. The first-order valence-corrected chi connectivity index (χ1v) is 7.15. The van der Waals surface area contributed by atoms with Gasteiger partial charge in [-0.25, -0.2) is 0 Å². The van der Waals surface area contributed by atoms with Gasteiger partial charge in [-0.1, -0.05) is 13.8 Å². The third-order valence-corrected chi connectivity index (χ3v) is 2.57. The minimum absolute atomic E-state index is 0.114. The molecule has 1 aromatic heterocycles. The van der Waals surface area contributed by atoms with E-state index in [0.717, 1.165) is 19.4 Å². The van der Waals surface area contributed by atoms with Crippen LogP contribution in [-0.4, -0.2) is 54.7 Å². The Morgan fingerprint density at radius 3 is 2.62 bits per heavy atom. The maximum absolute atomic E-state index is 11.4. The molecule has 2 N–H and O–H groups in total. The Morgan fingerprint density at radius 1 is 1.24 bits per heavy atom. The Kier molecular flexibility index (Phi) is 7.20. The molecule has 0 saturated carbocycles. The fraction of sp³-hybridized carbons (Fsp3) is 0.692. The number of anilines is 2. The lowest BCUT2D eigenvalue weighted by molar-refractivity contribution is -0.119. The normalized spacial score (nSPS) is 10.1. The number of likely N-dealkylation sites (N-methyl/N-ethyl adjacent to an activating group) is 2.